The molecule has 1 fully saturated rings. The van der Waals surface area contributed by atoms with E-state index in [9.17, 15) is 0 Å². The predicted molar refractivity (Wildman–Crippen MR) is 98.1 cm³/mol. The summed E-state index contributed by atoms with van der Waals surface area (Å²) in [5.41, 5.74) is 3.93. The molecule has 1 aromatic carbocycles. The van der Waals surface area contributed by atoms with Crippen molar-refractivity contribution in [1.29, 1.82) is 0 Å². The summed E-state index contributed by atoms with van der Waals surface area (Å²) in [7, 11) is 0. The molecule has 1 heterocycles. The number of rotatable bonds is 7. The fraction of sp³-hybridized carbons (Fsp3) is 0.526. The van der Waals surface area contributed by atoms with Gasteiger partial charge < -0.3 is 15.6 Å². The molecule has 1 aliphatic rings. The standard InChI is InChI=1S/C19H28N4/c1-3-20-19(21-11-9-15-7-8-15)22-12-10-16-13-23-18-14(2)5-4-6-17(16)18/h4-6,13,15,23H,3,7-12H2,1-2H3,(H2,20,21,22). The van der Waals surface area contributed by atoms with Crippen LogP contribution in [-0.2, 0) is 6.42 Å². The van der Waals surface area contributed by atoms with Gasteiger partial charge in [-0.2, -0.15) is 0 Å². The molecule has 0 amide bonds. The van der Waals surface area contributed by atoms with Gasteiger partial charge in [-0.25, -0.2) is 0 Å². The van der Waals surface area contributed by atoms with Crippen molar-refractivity contribution in [3.8, 4) is 0 Å². The van der Waals surface area contributed by atoms with Crippen molar-refractivity contribution < 1.29 is 0 Å². The Bertz CT molecular complexity index is 667. The van der Waals surface area contributed by atoms with Crippen molar-refractivity contribution in [3.63, 3.8) is 0 Å². The van der Waals surface area contributed by atoms with E-state index in [1.54, 1.807) is 0 Å². The molecule has 2 aromatic rings. The van der Waals surface area contributed by atoms with Gasteiger partial charge in [0.15, 0.2) is 5.96 Å². The van der Waals surface area contributed by atoms with Gasteiger partial charge in [0.2, 0.25) is 0 Å². The van der Waals surface area contributed by atoms with Crippen LogP contribution in [0.2, 0.25) is 0 Å². The molecule has 1 aliphatic carbocycles. The normalized spacial score (nSPS) is 15.1. The third-order valence-corrected chi connectivity index (χ3v) is 4.54. The Kier molecular flexibility index (Phi) is 5.21. The van der Waals surface area contributed by atoms with Crippen LogP contribution in [0.4, 0.5) is 0 Å². The average Bonchev–Trinajstić information content (AvgIpc) is 3.27. The van der Waals surface area contributed by atoms with E-state index in [1.807, 2.05) is 0 Å². The van der Waals surface area contributed by atoms with Gasteiger partial charge >= 0.3 is 0 Å². The van der Waals surface area contributed by atoms with Crippen LogP contribution in [0.25, 0.3) is 10.9 Å². The van der Waals surface area contributed by atoms with Gasteiger partial charge in [-0.05, 0) is 43.7 Å². The number of guanidine groups is 1. The summed E-state index contributed by atoms with van der Waals surface area (Å²) in [4.78, 5) is 8.08. The summed E-state index contributed by atoms with van der Waals surface area (Å²) in [5, 5.41) is 8.13. The summed E-state index contributed by atoms with van der Waals surface area (Å²) in [6, 6.07) is 6.48. The Balaban J connectivity index is 1.54. The number of fused-ring (bicyclic) bond motifs is 1. The number of aromatic nitrogens is 1. The van der Waals surface area contributed by atoms with E-state index in [0.29, 0.717) is 0 Å². The lowest BCUT2D eigenvalue weighted by atomic mass is 10.1. The fourth-order valence-corrected chi connectivity index (χ4v) is 2.99. The molecule has 124 valence electrons. The maximum atomic E-state index is 4.68. The number of nitrogens with zero attached hydrogens (tertiary/aromatic N) is 1. The molecule has 0 atom stereocenters. The van der Waals surface area contributed by atoms with Crippen molar-refractivity contribution in [2.24, 2.45) is 10.9 Å². The highest BCUT2D eigenvalue weighted by atomic mass is 15.2. The van der Waals surface area contributed by atoms with Gasteiger partial charge in [-0.3, -0.25) is 4.99 Å². The first-order valence-electron chi connectivity index (χ1n) is 8.85. The molecule has 3 rings (SSSR count). The van der Waals surface area contributed by atoms with E-state index in [2.05, 4.69) is 58.9 Å². The second-order valence-corrected chi connectivity index (χ2v) is 6.48. The Hall–Kier alpha value is -1.97. The van der Waals surface area contributed by atoms with Crippen molar-refractivity contribution >= 4 is 16.9 Å². The lowest BCUT2D eigenvalue weighted by Gasteiger charge is -2.11. The Labute approximate surface area is 138 Å². The van der Waals surface area contributed by atoms with E-state index < -0.39 is 0 Å². The van der Waals surface area contributed by atoms with E-state index in [4.69, 9.17) is 0 Å². The van der Waals surface area contributed by atoms with Crippen LogP contribution >= 0.6 is 0 Å². The van der Waals surface area contributed by atoms with Gasteiger partial charge in [0.25, 0.3) is 0 Å². The SMILES string of the molecule is CCNC(=NCCC1CC1)NCCc1c[nH]c2c(C)cccc12. The van der Waals surface area contributed by atoms with Crippen LogP contribution in [0.5, 0.6) is 0 Å². The van der Waals surface area contributed by atoms with Gasteiger partial charge in [-0.15, -0.1) is 0 Å². The number of hydrogen-bond acceptors (Lipinski definition) is 1. The van der Waals surface area contributed by atoms with Crippen molar-refractivity contribution in [2.45, 2.75) is 39.5 Å². The Morgan fingerprint density at radius 1 is 1.30 bits per heavy atom. The minimum absolute atomic E-state index is 0.899. The summed E-state index contributed by atoms with van der Waals surface area (Å²) in [6.45, 7) is 7.00. The smallest absolute Gasteiger partial charge is 0.191 e. The highest BCUT2D eigenvalue weighted by Gasteiger charge is 2.20. The molecule has 1 saturated carbocycles. The maximum Gasteiger partial charge on any atom is 0.191 e. The van der Waals surface area contributed by atoms with Crippen LogP contribution in [0, 0.1) is 12.8 Å². The first-order chi connectivity index (χ1) is 11.3. The minimum Gasteiger partial charge on any atom is -0.361 e. The van der Waals surface area contributed by atoms with Crippen LogP contribution in [0.15, 0.2) is 29.4 Å². The van der Waals surface area contributed by atoms with E-state index in [0.717, 1.165) is 37.9 Å². The molecule has 0 aliphatic heterocycles. The van der Waals surface area contributed by atoms with Crippen LogP contribution in [0.1, 0.15) is 37.3 Å². The molecule has 0 saturated heterocycles. The second-order valence-electron chi connectivity index (χ2n) is 6.48. The van der Waals surface area contributed by atoms with Crippen LogP contribution in [-0.4, -0.2) is 30.6 Å². The molecular formula is C19H28N4. The van der Waals surface area contributed by atoms with Crippen molar-refractivity contribution in [1.82, 2.24) is 15.6 Å². The quantitative estimate of drug-likeness (QED) is 0.542. The highest BCUT2D eigenvalue weighted by molar-refractivity contribution is 5.86. The first kappa shape index (κ1) is 15.9. The number of aromatic amines is 1. The third kappa shape index (κ3) is 4.27. The molecule has 4 heteroatoms. The number of benzene rings is 1. The molecule has 23 heavy (non-hydrogen) atoms. The number of aliphatic imine (C=N–C) groups is 1. The number of nitrogens with one attached hydrogen (secondary N) is 3. The zero-order chi connectivity index (χ0) is 16.1. The average molecular weight is 312 g/mol. The van der Waals surface area contributed by atoms with Gasteiger partial charge in [0.1, 0.15) is 0 Å². The summed E-state index contributed by atoms with van der Waals surface area (Å²) in [6.07, 6.45) is 7.17. The topological polar surface area (TPSA) is 52.2 Å². The lowest BCUT2D eigenvalue weighted by Crippen LogP contribution is -2.38. The van der Waals surface area contributed by atoms with Crippen LogP contribution < -0.4 is 10.6 Å². The third-order valence-electron chi connectivity index (χ3n) is 4.54. The molecule has 0 spiro atoms. The molecule has 0 unspecified atom stereocenters. The van der Waals surface area contributed by atoms with Crippen molar-refractivity contribution in [3.05, 3.63) is 35.5 Å². The zero-order valence-electron chi connectivity index (χ0n) is 14.3. The molecule has 0 radical (unpaired) electrons. The molecule has 1 aromatic heterocycles. The number of para-hydroxylation sites is 1. The van der Waals surface area contributed by atoms with E-state index in [1.165, 1.54) is 41.3 Å². The highest BCUT2D eigenvalue weighted by Crippen LogP contribution is 2.32. The van der Waals surface area contributed by atoms with Crippen LogP contribution in [0.3, 0.4) is 0 Å². The summed E-state index contributed by atoms with van der Waals surface area (Å²) >= 11 is 0. The van der Waals surface area contributed by atoms with E-state index >= 15 is 0 Å². The fourth-order valence-electron chi connectivity index (χ4n) is 2.99. The largest absolute Gasteiger partial charge is 0.361 e. The number of H-pyrrole nitrogens is 1. The minimum atomic E-state index is 0.899. The van der Waals surface area contributed by atoms with Gasteiger partial charge in [0.05, 0.1) is 0 Å². The predicted octanol–water partition coefficient (Wildman–Crippen LogP) is 3.37. The van der Waals surface area contributed by atoms with Crippen molar-refractivity contribution in [2.75, 3.05) is 19.6 Å². The number of aryl methyl sites for hydroxylation is 1. The monoisotopic (exact) mass is 312 g/mol. The van der Waals surface area contributed by atoms with E-state index in [-0.39, 0.29) is 0 Å². The van der Waals surface area contributed by atoms with Gasteiger partial charge in [0, 0.05) is 36.7 Å². The zero-order valence-corrected chi connectivity index (χ0v) is 14.3. The molecule has 0 bridgehead atoms. The lowest BCUT2D eigenvalue weighted by molar-refractivity contribution is 0.724. The molecule has 3 N–H and O–H groups in total. The summed E-state index contributed by atoms with van der Waals surface area (Å²) < 4.78 is 0. The Morgan fingerprint density at radius 3 is 2.96 bits per heavy atom. The molecule has 4 nitrogen and oxygen atoms in total. The first-order valence-corrected chi connectivity index (χ1v) is 8.85. The maximum absolute atomic E-state index is 4.68. The van der Waals surface area contributed by atoms with Gasteiger partial charge in [-0.1, -0.05) is 31.0 Å². The molecular weight excluding hydrogens is 284 g/mol. The Morgan fingerprint density at radius 2 is 2.17 bits per heavy atom. The number of hydrogen-bond donors (Lipinski definition) is 3. The summed E-state index contributed by atoms with van der Waals surface area (Å²) in [5.74, 6) is 1.89. The second kappa shape index (κ2) is 7.53.